The van der Waals surface area contributed by atoms with Crippen molar-refractivity contribution >= 4 is 5.91 Å². The van der Waals surface area contributed by atoms with Crippen LogP contribution in [0.4, 0.5) is 0 Å². The molecule has 0 radical (unpaired) electrons. The summed E-state index contributed by atoms with van der Waals surface area (Å²) in [6, 6.07) is 9.03. The summed E-state index contributed by atoms with van der Waals surface area (Å²) in [7, 11) is 2.14. The van der Waals surface area contributed by atoms with Crippen LogP contribution in [0, 0.1) is 6.92 Å². The predicted octanol–water partition coefficient (Wildman–Crippen LogP) is 3.69. The van der Waals surface area contributed by atoms with Gasteiger partial charge in [0, 0.05) is 32.1 Å². The van der Waals surface area contributed by atoms with Crippen LogP contribution in [0.25, 0.3) is 0 Å². The van der Waals surface area contributed by atoms with Crippen molar-refractivity contribution in [2.75, 3.05) is 33.4 Å². The van der Waals surface area contributed by atoms with E-state index in [0.717, 1.165) is 26.1 Å². The van der Waals surface area contributed by atoms with E-state index in [1.807, 2.05) is 32.6 Å². The molecule has 0 saturated carbocycles. The van der Waals surface area contributed by atoms with Crippen LogP contribution in [0.15, 0.2) is 24.3 Å². The lowest BCUT2D eigenvalue weighted by Gasteiger charge is -2.31. The number of nitrogens with one attached hydrogen (secondary N) is 1. The van der Waals surface area contributed by atoms with Crippen molar-refractivity contribution in [2.24, 2.45) is 0 Å². The SMILES string of the molecule is CC.CC.Cc1ccccc1CC(C)N(C)CCN1CNCCC1=O. The molecule has 2 rings (SSSR count). The van der Waals surface area contributed by atoms with Gasteiger partial charge in [-0.2, -0.15) is 0 Å². The van der Waals surface area contributed by atoms with Crippen LogP contribution in [-0.4, -0.2) is 55.1 Å². The van der Waals surface area contributed by atoms with Crippen LogP contribution < -0.4 is 5.32 Å². The maximum atomic E-state index is 11.8. The van der Waals surface area contributed by atoms with E-state index in [4.69, 9.17) is 0 Å². The Morgan fingerprint density at radius 3 is 2.44 bits per heavy atom. The Hall–Kier alpha value is -1.39. The molecule has 1 saturated heterocycles. The largest absolute Gasteiger partial charge is 0.329 e. The normalized spacial score (nSPS) is 15.0. The van der Waals surface area contributed by atoms with Crippen molar-refractivity contribution < 1.29 is 4.79 Å². The van der Waals surface area contributed by atoms with E-state index in [2.05, 4.69) is 55.4 Å². The molecule has 0 aliphatic carbocycles. The number of carbonyl (C=O) groups excluding carboxylic acids is 1. The molecule has 1 aromatic rings. The Bertz CT molecular complexity index is 476. The molecular formula is C21H39N3O. The minimum Gasteiger partial charge on any atom is -0.329 e. The first-order valence-corrected chi connectivity index (χ1v) is 9.81. The number of hydrogen-bond acceptors (Lipinski definition) is 3. The molecule has 1 amide bonds. The predicted molar refractivity (Wildman–Crippen MR) is 109 cm³/mol. The van der Waals surface area contributed by atoms with Crippen LogP contribution in [0.2, 0.25) is 0 Å². The minimum atomic E-state index is 0.272. The number of benzene rings is 1. The van der Waals surface area contributed by atoms with Gasteiger partial charge in [-0.05, 0) is 38.4 Å². The molecular weight excluding hydrogens is 310 g/mol. The summed E-state index contributed by atoms with van der Waals surface area (Å²) in [5.74, 6) is 0.272. The summed E-state index contributed by atoms with van der Waals surface area (Å²) < 4.78 is 0. The zero-order valence-corrected chi connectivity index (χ0v) is 17.4. The van der Waals surface area contributed by atoms with Gasteiger partial charge in [-0.15, -0.1) is 0 Å². The Balaban J connectivity index is 0.00000134. The summed E-state index contributed by atoms with van der Waals surface area (Å²) in [4.78, 5) is 16.0. The zero-order valence-electron chi connectivity index (χ0n) is 17.4. The van der Waals surface area contributed by atoms with Crippen molar-refractivity contribution in [1.29, 1.82) is 0 Å². The van der Waals surface area contributed by atoms with Crippen LogP contribution in [0.5, 0.6) is 0 Å². The lowest BCUT2D eigenvalue weighted by Crippen LogP contribution is -2.48. The van der Waals surface area contributed by atoms with Crippen molar-refractivity contribution in [3.05, 3.63) is 35.4 Å². The number of hydrogen-bond donors (Lipinski definition) is 1. The van der Waals surface area contributed by atoms with Crippen molar-refractivity contribution in [2.45, 2.75) is 60.4 Å². The number of aryl methyl sites for hydroxylation is 1. The Kier molecular flexibility index (Phi) is 13.1. The fourth-order valence-corrected chi connectivity index (χ4v) is 2.67. The molecule has 25 heavy (non-hydrogen) atoms. The van der Waals surface area contributed by atoms with Crippen LogP contribution in [0.1, 0.15) is 52.2 Å². The van der Waals surface area contributed by atoms with Gasteiger partial charge in [0.15, 0.2) is 0 Å². The Morgan fingerprint density at radius 1 is 1.20 bits per heavy atom. The first kappa shape index (κ1) is 23.6. The second-order valence-corrected chi connectivity index (χ2v) is 6.03. The molecule has 0 spiro atoms. The van der Waals surface area contributed by atoms with Gasteiger partial charge in [-0.1, -0.05) is 52.0 Å². The van der Waals surface area contributed by atoms with Crippen LogP contribution in [-0.2, 0) is 11.2 Å². The summed E-state index contributed by atoms with van der Waals surface area (Å²) in [6.07, 6.45) is 1.68. The van der Waals surface area contributed by atoms with Gasteiger partial charge in [0.25, 0.3) is 0 Å². The zero-order chi connectivity index (χ0) is 19.2. The van der Waals surface area contributed by atoms with E-state index in [1.165, 1.54) is 11.1 Å². The molecule has 1 N–H and O–H groups in total. The van der Waals surface area contributed by atoms with Gasteiger partial charge in [-0.3, -0.25) is 10.1 Å². The van der Waals surface area contributed by atoms with E-state index in [0.29, 0.717) is 19.1 Å². The molecule has 1 aliphatic heterocycles. The van der Waals surface area contributed by atoms with Crippen molar-refractivity contribution in [3.8, 4) is 0 Å². The molecule has 144 valence electrons. The molecule has 1 aliphatic rings. The maximum Gasteiger partial charge on any atom is 0.224 e. The summed E-state index contributed by atoms with van der Waals surface area (Å²) in [5.41, 5.74) is 2.76. The first-order valence-electron chi connectivity index (χ1n) is 9.81. The molecule has 0 bridgehead atoms. The second-order valence-electron chi connectivity index (χ2n) is 6.03. The van der Waals surface area contributed by atoms with Gasteiger partial charge < -0.3 is 9.80 Å². The van der Waals surface area contributed by atoms with Crippen molar-refractivity contribution in [3.63, 3.8) is 0 Å². The first-order chi connectivity index (χ1) is 12.1. The van der Waals surface area contributed by atoms with Gasteiger partial charge >= 0.3 is 0 Å². The average molecular weight is 350 g/mol. The highest BCUT2D eigenvalue weighted by molar-refractivity contribution is 5.76. The number of carbonyl (C=O) groups is 1. The molecule has 4 nitrogen and oxygen atoms in total. The smallest absolute Gasteiger partial charge is 0.224 e. The molecule has 4 heteroatoms. The van der Waals surface area contributed by atoms with E-state index in [9.17, 15) is 4.79 Å². The topological polar surface area (TPSA) is 35.6 Å². The standard InChI is InChI=1S/C17H27N3O.2C2H6/c1-14-6-4-5-7-16(14)12-15(2)19(3)10-11-20-13-18-9-8-17(20)21;2*1-2/h4-7,15,18H,8-13H2,1-3H3;2*1-2H3. The van der Waals surface area contributed by atoms with Gasteiger partial charge in [0.05, 0.1) is 6.67 Å². The minimum absolute atomic E-state index is 0.272. The fourth-order valence-electron chi connectivity index (χ4n) is 2.67. The van der Waals surface area contributed by atoms with Gasteiger partial charge in [0.2, 0.25) is 5.91 Å². The summed E-state index contributed by atoms with van der Waals surface area (Å²) in [5, 5.41) is 3.25. The molecule has 1 unspecified atom stereocenters. The number of likely N-dealkylation sites (N-methyl/N-ethyl adjacent to an activating group) is 1. The Morgan fingerprint density at radius 2 is 1.84 bits per heavy atom. The quantitative estimate of drug-likeness (QED) is 0.851. The highest BCUT2D eigenvalue weighted by atomic mass is 16.2. The van der Waals surface area contributed by atoms with E-state index >= 15 is 0 Å². The maximum absolute atomic E-state index is 11.8. The number of rotatable bonds is 6. The van der Waals surface area contributed by atoms with Gasteiger partial charge in [-0.25, -0.2) is 0 Å². The molecule has 1 atom stereocenters. The number of nitrogens with zero attached hydrogens (tertiary/aromatic N) is 2. The Labute approximate surface area is 155 Å². The van der Waals surface area contributed by atoms with Crippen LogP contribution >= 0.6 is 0 Å². The molecule has 1 fully saturated rings. The van der Waals surface area contributed by atoms with E-state index in [-0.39, 0.29) is 5.91 Å². The summed E-state index contributed by atoms with van der Waals surface area (Å²) >= 11 is 0. The monoisotopic (exact) mass is 349 g/mol. The summed E-state index contributed by atoms with van der Waals surface area (Å²) in [6.45, 7) is 15.7. The van der Waals surface area contributed by atoms with Gasteiger partial charge in [0.1, 0.15) is 0 Å². The van der Waals surface area contributed by atoms with E-state index < -0.39 is 0 Å². The average Bonchev–Trinajstić information content (AvgIpc) is 2.66. The number of amides is 1. The fraction of sp³-hybridized carbons (Fsp3) is 0.667. The highest BCUT2D eigenvalue weighted by Gasteiger charge is 2.18. The third-order valence-electron chi connectivity index (χ3n) is 4.42. The van der Waals surface area contributed by atoms with Crippen molar-refractivity contribution in [1.82, 2.24) is 15.1 Å². The third-order valence-corrected chi connectivity index (χ3v) is 4.42. The lowest BCUT2D eigenvalue weighted by atomic mass is 10.0. The second kappa shape index (κ2) is 13.9. The van der Waals surface area contributed by atoms with Crippen LogP contribution in [0.3, 0.4) is 0 Å². The van der Waals surface area contributed by atoms with E-state index in [1.54, 1.807) is 0 Å². The molecule has 1 aromatic carbocycles. The lowest BCUT2D eigenvalue weighted by molar-refractivity contribution is -0.133. The molecule has 1 heterocycles. The third kappa shape index (κ3) is 8.50. The highest BCUT2D eigenvalue weighted by Crippen LogP contribution is 2.12. The molecule has 0 aromatic heterocycles.